The first kappa shape index (κ1) is 42.5. The number of benzene rings is 12. The molecule has 0 unspecified atom stereocenters. The highest BCUT2D eigenvalue weighted by molar-refractivity contribution is 6.31. The maximum Gasteiger partial charge on any atom is 0.123 e. The van der Waals surface area contributed by atoms with Gasteiger partial charge in [0.1, 0.15) is 23.3 Å². The second kappa shape index (κ2) is 17.7. The number of hydrogen-bond acceptors (Lipinski definition) is 0. The van der Waals surface area contributed by atoms with Crippen molar-refractivity contribution in [1.29, 1.82) is 0 Å². The van der Waals surface area contributed by atoms with Gasteiger partial charge in [0.2, 0.25) is 0 Å². The molecule has 0 spiro atoms. The molecule has 12 rings (SSSR count). The van der Waals surface area contributed by atoms with Gasteiger partial charge in [0, 0.05) is 0 Å². The maximum absolute atomic E-state index is 14.7. The SMILES string of the molecule is Fc1ccc(-c2ccc(-c3cc(-c4ccc(F)cc4)cc4c(-c5ccccc5)c5c(-c6ccc(-c7ccc(F)cc7)cc6)c6ccc(-c7ccc(F)cc7)cc6cc5c(-c5ccccc5)c34)cc2)cc1. The third-order valence-electron chi connectivity index (χ3n) is 13.5. The van der Waals surface area contributed by atoms with Crippen LogP contribution in [0.1, 0.15) is 0 Å². The lowest BCUT2D eigenvalue weighted by molar-refractivity contribution is 0.627. The third kappa shape index (κ3) is 7.80. The molecule has 0 nitrogen and oxygen atoms in total. The van der Waals surface area contributed by atoms with Crippen molar-refractivity contribution in [2.75, 3.05) is 0 Å². The summed E-state index contributed by atoms with van der Waals surface area (Å²) in [7, 11) is 0. The molecule has 0 aliphatic rings. The Morgan fingerprint density at radius 1 is 0.200 bits per heavy atom. The van der Waals surface area contributed by atoms with Gasteiger partial charge < -0.3 is 0 Å². The predicted molar refractivity (Wildman–Crippen MR) is 282 cm³/mol. The minimum absolute atomic E-state index is 0.287. The van der Waals surface area contributed by atoms with Crippen LogP contribution in [0.4, 0.5) is 17.6 Å². The molecule has 0 heterocycles. The molecule has 12 aromatic carbocycles. The Balaban J connectivity index is 1.26. The van der Waals surface area contributed by atoms with E-state index in [-0.39, 0.29) is 23.3 Å². The van der Waals surface area contributed by atoms with Crippen molar-refractivity contribution in [3.63, 3.8) is 0 Å². The minimum atomic E-state index is -0.312. The lowest BCUT2D eigenvalue weighted by atomic mass is 9.78. The van der Waals surface area contributed by atoms with Gasteiger partial charge in [-0.1, -0.05) is 170 Å². The van der Waals surface area contributed by atoms with Gasteiger partial charge in [0.05, 0.1) is 0 Å². The highest BCUT2D eigenvalue weighted by atomic mass is 19.1. The van der Waals surface area contributed by atoms with E-state index >= 15 is 0 Å². The second-order valence-electron chi connectivity index (χ2n) is 17.7. The fourth-order valence-corrected chi connectivity index (χ4v) is 10.2. The molecule has 0 amide bonds. The monoisotopic (exact) mass is 908 g/mol. The van der Waals surface area contributed by atoms with Gasteiger partial charge in [0.15, 0.2) is 0 Å². The third-order valence-corrected chi connectivity index (χ3v) is 13.5. The highest BCUT2D eigenvalue weighted by Gasteiger charge is 2.25. The molecule has 0 aliphatic carbocycles. The van der Waals surface area contributed by atoms with Crippen LogP contribution in [-0.2, 0) is 0 Å². The van der Waals surface area contributed by atoms with Crippen molar-refractivity contribution >= 4 is 32.3 Å². The van der Waals surface area contributed by atoms with Gasteiger partial charge in [0.25, 0.3) is 0 Å². The zero-order valence-electron chi connectivity index (χ0n) is 37.6. The largest absolute Gasteiger partial charge is 0.207 e. The van der Waals surface area contributed by atoms with Crippen molar-refractivity contribution in [3.05, 3.63) is 266 Å². The molecule has 0 atom stereocenters. The molecule has 0 aliphatic heterocycles. The Kier molecular flexibility index (Phi) is 10.7. The Bertz CT molecular complexity index is 3880. The van der Waals surface area contributed by atoms with Crippen LogP contribution in [0, 0.1) is 23.3 Å². The molecule has 0 aromatic heterocycles. The first-order valence-corrected chi connectivity index (χ1v) is 23.2. The summed E-state index contributed by atoms with van der Waals surface area (Å²) >= 11 is 0. The lowest BCUT2D eigenvalue weighted by Gasteiger charge is -2.25. The predicted octanol–water partition coefficient (Wildman–Crippen LogP) is 19.0. The molecular weight excluding hydrogens is 869 g/mol. The standard InChI is InChI=1S/C66H40F4/c67-54-28-19-43(20-29-54)41-11-15-47(16-12-41)59-38-52(46-25-34-57(70)35-26-46)39-60-64(49-9-5-2-6-10-49)66-61(63(65(59)60)48-7-3-1-4-8-48)40-53-37-51(45-23-32-56(69)33-24-45)27-36-58(53)62(66)50-17-13-42(14-18-50)44-21-30-55(68)31-22-44/h1-40H. The summed E-state index contributed by atoms with van der Waals surface area (Å²) in [6, 6.07) is 77.7. The minimum Gasteiger partial charge on any atom is -0.207 e. The molecule has 70 heavy (non-hydrogen) atoms. The van der Waals surface area contributed by atoms with E-state index in [1.807, 2.05) is 36.4 Å². The highest BCUT2D eigenvalue weighted by Crippen LogP contribution is 2.53. The molecule has 0 saturated heterocycles. The van der Waals surface area contributed by atoms with Crippen molar-refractivity contribution in [2.24, 2.45) is 0 Å². The fourth-order valence-electron chi connectivity index (χ4n) is 10.2. The van der Waals surface area contributed by atoms with Crippen LogP contribution in [0.3, 0.4) is 0 Å². The zero-order valence-corrected chi connectivity index (χ0v) is 37.6. The topological polar surface area (TPSA) is 0 Å². The molecule has 0 bridgehead atoms. The first-order valence-electron chi connectivity index (χ1n) is 23.2. The average molecular weight is 909 g/mol. The molecule has 0 radical (unpaired) electrons. The summed E-state index contributed by atoms with van der Waals surface area (Å²) in [5.74, 6) is -1.18. The van der Waals surface area contributed by atoms with E-state index < -0.39 is 0 Å². The van der Waals surface area contributed by atoms with Crippen LogP contribution < -0.4 is 0 Å². The summed E-state index contributed by atoms with van der Waals surface area (Å²) in [6.45, 7) is 0. The van der Waals surface area contributed by atoms with Crippen molar-refractivity contribution < 1.29 is 17.6 Å². The van der Waals surface area contributed by atoms with Crippen LogP contribution in [0.15, 0.2) is 243 Å². The van der Waals surface area contributed by atoms with Gasteiger partial charge in [-0.2, -0.15) is 0 Å². The Morgan fingerprint density at radius 3 is 1.00 bits per heavy atom. The number of rotatable bonds is 8. The van der Waals surface area contributed by atoms with Crippen molar-refractivity contribution in [3.8, 4) is 89.0 Å². The number of halogens is 4. The summed E-state index contributed by atoms with van der Waals surface area (Å²) in [5, 5.41) is 6.21. The van der Waals surface area contributed by atoms with Gasteiger partial charge in [-0.3, -0.25) is 0 Å². The van der Waals surface area contributed by atoms with Gasteiger partial charge >= 0.3 is 0 Å². The summed E-state index contributed by atoms with van der Waals surface area (Å²) in [5.41, 5.74) is 15.6. The zero-order chi connectivity index (χ0) is 47.3. The Hall–Kier alpha value is -8.86. The van der Waals surface area contributed by atoms with Crippen LogP contribution in [0.25, 0.3) is 121 Å². The van der Waals surface area contributed by atoms with Gasteiger partial charge in [-0.25, -0.2) is 17.6 Å². The quantitative estimate of drug-likeness (QED) is 0.105. The Labute approximate surface area is 403 Å². The van der Waals surface area contributed by atoms with E-state index in [0.717, 1.165) is 121 Å². The summed E-state index contributed by atoms with van der Waals surface area (Å²) in [4.78, 5) is 0. The van der Waals surface area contributed by atoms with E-state index in [1.165, 1.54) is 48.5 Å². The number of fused-ring (bicyclic) bond motifs is 3. The number of hydrogen-bond donors (Lipinski definition) is 0. The van der Waals surface area contributed by atoms with Gasteiger partial charge in [-0.15, -0.1) is 0 Å². The molecular formula is C66H40F4. The van der Waals surface area contributed by atoms with E-state index in [4.69, 9.17) is 0 Å². The van der Waals surface area contributed by atoms with Crippen molar-refractivity contribution in [1.82, 2.24) is 0 Å². The molecule has 0 saturated carbocycles. The molecule has 0 N–H and O–H groups in total. The van der Waals surface area contributed by atoms with Crippen LogP contribution >= 0.6 is 0 Å². The van der Waals surface area contributed by atoms with E-state index in [0.29, 0.717) is 0 Å². The summed E-state index contributed by atoms with van der Waals surface area (Å²) < 4.78 is 57.1. The molecule has 12 aromatic rings. The van der Waals surface area contributed by atoms with Crippen LogP contribution in [0.2, 0.25) is 0 Å². The smallest absolute Gasteiger partial charge is 0.123 e. The first-order chi connectivity index (χ1) is 34.3. The van der Waals surface area contributed by atoms with E-state index in [2.05, 4.69) is 133 Å². The van der Waals surface area contributed by atoms with Crippen LogP contribution in [-0.4, -0.2) is 0 Å². The normalized spacial score (nSPS) is 11.4. The molecule has 332 valence electrons. The lowest BCUT2D eigenvalue weighted by Crippen LogP contribution is -1.97. The Morgan fingerprint density at radius 2 is 0.529 bits per heavy atom. The molecule has 4 heteroatoms. The van der Waals surface area contributed by atoms with E-state index in [1.54, 1.807) is 24.3 Å². The molecule has 0 fully saturated rings. The van der Waals surface area contributed by atoms with E-state index in [9.17, 15) is 17.6 Å². The average Bonchev–Trinajstić information content (AvgIpc) is 3.41. The summed E-state index contributed by atoms with van der Waals surface area (Å²) in [6.07, 6.45) is 0. The maximum atomic E-state index is 14.7. The van der Waals surface area contributed by atoms with Crippen LogP contribution in [0.5, 0.6) is 0 Å². The van der Waals surface area contributed by atoms with Crippen molar-refractivity contribution in [2.45, 2.75) is 0 Å². The van der Waals surface area contributed by atoms with Gasteiger partial charge in [-0.05, 0) is 194 Å². The fraction of sp³-hybridized carbons (Fsp3) is 0. The second-order valence-corrected chi connectivity index (χ2v) is 17.7.